The first-order valence-corrected chi connectivity index (χ1v) is 11.4. The highest BCUT2D eigenvalue weighted by molar-refractivity contribution is 8.00. The predicted octanol–water partition coefficient (Wildman–Crippen LogP) is 6.01. The number of halogens is 1. The minimum absolute atomic E-state index is 0.0195. The number of thiazole rings is 1. The number of thioether (sulfide) groups is 1. The second-order valence-corrected chi connectivity index (χ2v) is 8.77. The molecule has 0 fully saturated rings. The number of amides is 2. The van der Waals surface area contributed by atoms with Gasteiger partial charge in [-0.2, -0.15) is 0 Å². The van der Waals surface area contributed by atoms with Crippen LogP contribution in [0.4, 0.5) is 15.2 Å². The Morgan fingerprint density at radius 2 is 1.62 bits per heavy atom. The van der Waals surface area contributed by atoms with Gasteiger partial charge in [-0.1, -0.05) is 42.5 Å². The molecular weight excluding hydrogens is 445 g/mol. The Hall–Kier alpha value is -3.49. The molecule has 2 amide bonds. The van der Waals surface area contributed by atoms with Crippen molar-refractivity contribution in [3.8, 4) is 0 Å². The van der Waals surface area contributed by atoms with E-state index in [-0.39, 0.29) is 11.5 Å². The van der Waals surface area contributed by atoms with Crippen molar-refractivity contribution in [2.75, 3.05) is 10.6 Å². The number of nitrogens with zero attached hydrogens (tertiary/aromatic N) is 1. The van der Waals surface area contributed by atoms with Gasteiger partial charge < -0.3 is 10.6 Å². The van der Waals surface area contributed by atoms with Crippen LogP contribution in [0.1, 0.15) is 21.2 Å². The monoisotopic (exact) mass is 463 g/mol. The standard InChI is InChI=1S/C24H18FN3O2S2/c25-20-9-5-4-8-19(20)22(29)27-17-10-12-18(13-11-17)32-21(16-6-2-1-3-7-16)23(30)28-24-26-14-15-31-24/h1-15,21H,(H,27,29)(H,26,28,30). The average Bonchev–Trinajstić information content (AvgIpc) is 3.32. The Morgan fingerprint density at radius 1 is 0.906 bits per heavy atom. The van der Waals surface area contributed by atoms with Crippen LogP contribution in [0.2, 0.25) is 0 Å². The Labute approximate surface area is 192 Å². The van der Waals surface area contributed by atoms with Crippen molar-refractivity contribution < 1.29 is 14.0 Å². The second kappa shape index (κ2) is 10.2. The number of hydrogen-bond acceptors (Lipinski definition) is 5. The lowest BCUT2D eigenvalue weighted by molar-refractivity contribution is -0.115. The maximum absolute atomic E-state index is 13.8. The van der Waals surface area contributed by atoms with Crippen LogP contribution in [-0.4, -0.2) is 16.8 Å². The molecule has 2 N–H and O–H groups in total. The summed E-state index contributed by atoms with van der Waals surface area (Å²) in [5.41, 5.74) is 1.38. The topological polar surface area (TPSA) is 71.1 Å². The van der Waals surface area contributed by atoms with Crippen molar-refractivity contribution in [3.63, 3.8) is 0 Å². The molecule has 1 atom stereocenters. The van der Waals surface area contributed by atoms with Gasteiger partial charge in [-0.3, -0.25) is 9.59 Å². The van der Waals surface area contributed by atoms with Crippen LogP contribution in [-0.2, 0) is 4.79 Å². The highest BCUT2D eigenvalue weighted by Crippen LogP contribution is 2.36. The third kappa shape index (κ3) is 5.40. The summed E-state index contributed by atoms with van der Waals surface area (Å²) in [4.78, 5) is 30.2. The number of carbonyl (C=O) groups is 2. The Kier molecular flexibility index (Phi) is 6.94. The lowest BCUT2D eigenvalue weighted by Crippen LogP contribution is -2.18. The van der Waals surface area contributed by atoms with Crippen molar-refractivity contribution >= 4 is 45.7 Å². The van der Waals surface area contributed by atoms with Gasteiger partial charge in [0, 0.05) is 22.2 Å². The molecule has 3 aromatic carbocycles. The van der Waals surface area contributed by atoms with Crippen molar-refractivity contribution in [1.82, 2.24) is 4.98 Å². The molecule has 1 unspecified atom stereocenters. The first-order chi connectivity index (χ1) is 15.6. The van der Waals surface area contributed by atoms with E-state index < -0.39 is 17.0 Å². The molecule has 5 nitrogen and oxygen atoms in total. The largest absolute Gasteiger partial charge is 0.322 e. The molecule has 0 spiro atoms. The van der Waals surface area contributed by atoms with Crippen molar-refractivity contribution in [3.05, 3.63) is 107 Å². The van der Waals surface area contributed by atoms with Crippen molar-refractivity contribution in [1.29, 1.82) is 0 Å². The molecule has 160 valence electrons. The van der Waals surface area contributed by atoms with E-state index in [0.717, 1.165) is 10.5 Å². The molecule has 4 aromatic rings. The van der Waals surface area contributed by atoms with Gasteiger partial charge in [0.1, 0.15) is 11.1 Å². The smallest absolute Gasteiger partial charge is 0.258 e. The van der Waals surface area contributed by atoms with Gasteiger partial charge >= 0.3 is 0 Å². The molecule has 1 aromatic heterocycles. The van der Waals surface area contributed by atoms with E-state index in [9.17, 15) is 14.0 Å². The van der Waals surface area contributed by atoms with Crippen LogP contribution in [0.3, 0.4) is 0 Å². The summed E-state index contributed by atoms with van der Waals surface area (Å²) >= 11 is 2.75. The van der Waals surface area contributed by atoms with Gasteiger partial charge in [0.15, 0.2) is 5.13 Å². The van der Waals surface area contributed by atoms with Crippen molar-refractivity contribution in [2.45, 2.75) is 10.1 Å². The molecular formula is C24H18FN3O2S2. The molecule has 0 saturated heterocycles. The zero-order valence-electron chi connectivity index (χ0n) is 16.7. The zero-order chi connectivity index (χ0) is 22.3. The van der Waals surface area contributed by atoms with E-state index >= 15 is 0 Å². The van der Waals surface area contributed by atoms with Gasteiger partial charge in [0.05, 0.1) is 5.56 Å². The van der Waals surface area contributed by atoms with Crippen LogP contribution in [0, 0.1) is 5.82 Å². The predicted molar refractivity (Wildman–Crippen MR) is 127 cm³/mol. The fourth-order valence-electron chi connectivity index (χ4n) is 2.95. The molecule has 0 radical (unpaired) electrons. The fourth-order valence-corrected chi connectivity index (χ4v) is 4.51. The maximum Gasteiger partial charge on any atom is 0.258 e. The molecule has 1 heterocycles. The molecule has 0 aliphatic heterocycles. The average molecular weight is 464 g/mol. The third-order valence-electron chi connectivity index (χ3n) is 4.49. The molecule has 0 bridgehead atoms. The third-order valence-corrected chi connectivity index (χ3v) is 6.44. The van der Waals surface area contributed by atoms with E-state index in [1.807, 2.05) is 42.5 Å². The number of anilines is 2. The van der Waals surface area contributed by atoms with Crippen LogP contribution >= 0.6 is 23.1 Å². The van der Waals surface area contributed by atoms with Gasteiger partial charge in [-0.25, -0.2) is 9.37 Å². The number of benzene rings is 3. The normalized spacial score (nSPS) is 11.5. The van der Waals surface area contributed by atoms with Crippen molar-refractivity contribution in [2.24, 2.45) is 0 Å². The summed E-state index contributed by atoms with van der Waals surface area (Å²) in [6.07, 6.45) is 1.64. The Bertz CT molecular complexity index is 1200. The second-order valence-electron chi connectivity index (χ2n) is 6.69. The van der Waals surface area contributed by atoms with Crippen LogP contribution in [0.25, 0.3) is 0 Å². The number of carbonyl (C=O) groups excluding carboxylic acids is 2. The minimum atomic E-state index is -0.575. The van der Waals surface area contributed by atoms with Gasteiger partial charge in [-0.15, -0.1) is 23.1 Å². The lowest BCUT2D eigenvalue weighted by atomic mass is 10.1. The number of rotatable bonds is 7. The first-order valence-electron chi connectivity index (χ1n) is 9.68. The summed E-state index contributed by atoms with van der Waals surface area (Å²) in [7, 11) is 0. The number of hydrogen-bond donors (Lipinski definition) is 2. The summed E-state index contributed by atoms with van der Waals surface area (Å²) in [5.74, 6) is -1.27. The lowest BCUT2D eigenvalue weighted by Gasteiger charge is -2.16. The molecule has 8 heteroatoms. The Balaban J connectivity index is 1.48. The minimum Gasteiger partial charge on any atom is -0.322 e. The number of nitrogens with one attached hydrogen (secondary N) is 2. The van der Waals surface area contributed by atoms with E-state index in [1.54, 1.807) is 29.8 Å². The van der Waals surface area contributed by atoms with Gasteiger partial charge in [0.2, 0.25) is 5.91 Å². The van der Waals surface area contributed by atoms with Gasteiger partial charge in [-0.05, 0) is 42.0 Å². The molecule has 0 saturated carbocycles. The van der Waals surface area contributed by atoms with E-state index in [1.165, 1.54) is 41.3 Å². The summed E-state index contributed by atoms with van der Waals surface area (Å²) in [6.45, 7) is 0. The van der Waals surface area contributed by atoms with Crippen LogP contribution in [0.5, 0.6) is 0 Å². The van der Waals surface area contributed by atoms with Crippen LogP contribution < -0.4 is 10.6 Å². The molecule has 4 rings (SSSR count). The zero-order valence-corrected chi connectivity index (χ0v) is 18.3. The summed E-state index contributed by atoms with van der Waals surface area (Å²) in [5, 5.41) is 7.40. The number of aromatic nitrogens is 1. The first kappa shape index (κ1) is 21.7. The van der Waals surface area contributed by atoms with Gasteiger partial charge in [0.25, 0.3) is 5.91 Å². The molecule has 0 aliphatic carbocycles. The summed E-state index contributed by atoms with van der Waals surface area (Å²) < 4.78 is 13.8. The molecule has 32 heavy (non-hydrogen) atoms. The maximum atomic E-state index is 13.8. The van der Waals surface area contributed by atoms with E-state index in [2.05, 4.69) is 15.6 Å². The van der Waals surface area contributed by atoms with Crippen LogP contribution in [0.15, 0.2) is 95.3 Å². The SMILES string of the molecule is O=C(Nc1ccc(SC(C(=O)Nc2nccs2)c2ccccc2)cc1)c1ccccc1F. The summed E-state index contributed by atoms with van der Waals surface area (Å²) in [6, 6.07) is 22.4. The highest BCUT2D eigenvalue weighted by Gasteiger charge is 2.23. The van der Waals surface area contributed by atoms with E-state index in [0.29, 0.717) is 10.8 Å². The highest BCUT2D eigenvalue weighted by atomic mass is 32.2. The quantitative estimate of drug-likeness (QED) is 0.330. The molecule has 0 aliphatic rings. The fraction of sp³-hybridized carbons (Fsp3) is 0.0417. The Morgan fingerprint density at radius 3 is 2.31 bits per heavy atom. The van der Waals surface area contributed by atoms with E-state index in [4.69, 9.17) is 0 Å².